The van der Waals surface area contributed by atoms with E-state index >= 15 is 0 Å². The van der Waals surface area contributed by atoms with Gasteiger partial charge in [-0.15, -0.1) is 0 Å². The molecule has 1 amide bonds. The molecule has 2 saturated heterocycles. The van der Waals surface area contributed by atoms with Crippen LogP contribution in [-0.2, 0) is 4.79 Å². The van der Waals surface area contributed by atoms with E-state index in [0.29, 0.717) is 24.3 Å². The molecule has 0 bridgehead atoms. The monoisotopic (exact) mass is 330 g/mol. The van der Waals surface area contributed by atoms with Crippen LogP contribution in [0.2, 0.25) is 0 Å². The van der Waals surface area contributed by atoms with Gasteiger partial charge in [-0.1, -0.05) is 0 Å². The number of anilines is 1. The summed E-state index contributed by atoms with van der Waals surface area (Å²) < 4.78 is 14.1. The summed E-state index contributed by atoms with van der Waals surface area (Å²) in [6, 6.07) is 6.43. The lowest BCUT2D eigenvalue weighted by atomic mass is 10.1. The molecule has 128 valence electrons. The molecule has 0 saturated carbocycles. The first kappa shape index (κ1) is 16.7. The van der Waals surface area contributed by atoms with Crippen molar-refractivity contribution < 1.29 is 9.18 Å². The van der Waals surface area contributed by atoms with Gasteiger partial charge in [0.15, 0.2) is 0 Å². The molecular weight excluding hydrogens is 307 g/mol. The minimum absolute atomic E-state index is 0.115. The molecule has 24 heavy (non-hydrogen) atoms. The second-order valence-electron chi connectivity index (χ2n) is 6.51. The van der Waals surface area contributed by atoms with Gasteiger partial charge >= 0.3 is 0 Å². The van der Waals surface area contributed by atoms with Gasteiger partial charge in [-0.05, 0) is 38.0 Å². The number of hydrogen-bond acceptors (Lipinski definition) is 4. The van der Waals surface area contributed by atoms with Crippen LogP contribution in [0, 0.1) is 17.1 Å². The summed E-state index contributed by atoms with van der Waals surface area (Å²) in [5.41, 5.74) is 0.867. The van der Waals surface area contributed by atoms with Gasteiger partial charge in [0.05, 0.1) is 23.4 Å². The average Bonchev–Trinajstić information content (AvgIpc) is 3.15. The molecule has 0 radical (unpaired) electrons. The Bertz CT molecular complexity index is 643. The molecule has 0 aromatic heterocycles. The minimum Gasteiger partial charge on any atom is -0.367 e. The molecular formula is C18H23FN4O. The topological polar surface area (TPSA) is 50.6 Å². The van der Waals surface area contributed by atoms with Crippen molar-refractivity contribution in [2.24, 2.45) is 0 Å². The summed E-state index contributed by atoms with van der Waals surface area (Å²) in [6.45, 7) is 6.55. The fourth-order valence-corrected chi connectivity index (χ4v) is 3.54. The molecule has 1 atom stereocenters. The molecule has 0 N–H and O–H groups in total. The number of likely N-dealkylation sites (tertiary alicyclic amines) is 1. The van der Waals surface area contributed by atoms with Gasteiger partial charge in [-0.3, -0.25) is 9.69 Å². The molecule has 2 aliphatic heterocycles. The Hall–Kier alpha value is -2.13. The number of hydrogen-bond donors (Lipinski definition) is 0. The molecule has 0 spiro atoms. The van der Waals surface area contributed by atoms with E-state index in [-0.39, 0.29) is 17.8 Å². The molecule has 1 aromatic rings. The van der Waals surface area contributed by atoms with E-state index in [4.69, 9.17) is 5.26 Å². The lowest BCUT2D eigenvalue weighted by molar-refractivity contribution is -0.135. The zero-order valence-electron chi connectivity index (χ0n) is 14.0. The lowest BCUT2D eigenvalue weighted by Crippen LogP contribution is -2.54. The third-order valence-electron chi connectivity index (χ3n) is 5.05. The van der Waals surface area contributed by atoms with Crippen molar-refractivity contribution in [1.29, 1.82) is 5.26 Å². The highest BCUT2D eigenvalue weighted by molar-refractivity contribution is 5.81. The Morgan fingerprint density at radius 2 is 1.83 bits per heavy atom. The predicted octanol–water partition coefficient (Wildman–Crippen LogP) is 1.83. The fourth-order valence-electron chi connectivity index (χ4n) is 3.54. The van der Waals surface area contributed by atoms with Crippen molar-refractivity contribution in [3.05, 3.63) is 29.6 Å². The van der Waals surface area contributed by atoms with Gasteiger partial charge in [0.2, 0.25) is 5.91 Å². The van der Waals surface area contributed by atoms with Crippen molar-refractivity contribution in [3.63, 3.8) is 0 Å². The predicted molar refractivity (Wildman–Crippen MR) is 90.2 cm³/mol. The van der Waals surface area contributed by atoms with Crippen LogP contribution < -0.4 is 4.90 Å². The second-order valence-corrected chi connectivity index (χ2v) is 6.51. The van der Waals surface area contributed by atoms with Crippen LogP contribution >= 0.6 is 0 Å². The SMILES string of the molecule is C[C@@H](C(=O)N1CCCC1)N1CCN(c2ccc(C#N)cc2F)CC1. The van der Waals surface area contributed by atoms with Crippen molar-refractivity contribution in [2.75, 3.05) is 44.2 Å². The molecule has 6 heteroatoms. The van der Waals surface area contributed by atoms with E-state index in [1.54, 1.807) is 12.1 Å². The zero-order chi connectivity index (χ0) is 17.1. The fraction of sp³-hybridized carbons (Fsp3) is 0.556. The van der Waals surface area contributed by atoms with Crippen molar-refractivity contribution >= 4 is 11.6 Å². The minimum atomic E-state index is -0.358. The average molecular weight is 330 g/mol. The Morgan fingerprint density at radius 1 is 1.17 bits per heavy atom. The maximum atomic E-state index is 14.1. The van der Waals surface area contributed by atoms with E-state index in [1.165, 1.54) is 6.07 Å². The zero-order valence-corrected chi connectivity index (χ0v) is 14.0. The van der Waals surface area contributed by atoms with Gasteiger partial charge in [0.1, 0.15) is 5.82 Å². The molecule has 0 aliphatic carbocycles. The number of carbonyl (C=O) groups excluding carboxylic acids is 1. The second kappa shape index (κ2) is 7.18. The maximum absolute atomic E-state index is 14.1. The number of rotatable bonds is 3. The summed E-state index contributed by atoms with van der Waals surface area (Å²) in [4.78, 5) is 18.6. The van der Waals surface area contributed by atoms with Crippen LogP contribution in [0.15, 0.2) is 18.2 Å². The van der Waals surface area contributed by atoms with E-state index in [1.807, 2.05) is 22.8 Å². The van der Waals surface area contributed by atoms with E-state index in [2.05, 4.69) is 4.90 Å². The van der Waals surface area contributed by atoms with Crippen LogP contribution in [0.3, 0.4) is 0 Å². The molecule has 0 unspecified atom stereocenters. The van der Waals surface area contributed by atoms with E-state index < -0.39 is 0 Å². The third kappa shape index (κ3) is 3.36. The first-order valence-corrected chi connectivity index (χ1v) is 8.57. The normalized spacial score (nSPS) is 20.0. The van der Waals surface area contributed by atoms with Crippen LogP contribution in [0.25, 0.3) is 0 Å². The molecule has 2 heterocycles. The standard InChI is InChI=1S/C18H23FN4O/c1-14(18(24)23-6-2-3-7-23)21-8-10-22(11-9-21)17-5-4-15(13-20)12-16(17)19/h4-5,12,14H,2-3,6-11H2,1H3/t14-/m0/s1. The van der Waals surface area contributed by atoms with Crippen LogP contribution in [0.5, 0.6) is 0 Å². The number of amides is 1. The van der Waals surface area contributed by atoms with Gasteiger partial charge in [-0.2, -0.15) is 5.26 Å². The van der Waals surface area contributed by atoms with Crippen molar-refractivity contribution in [2.45, 2.75) is 25.8 Å². The molecule has 5 nitrogen and oxygen atoms in total. The number of nitriles is 1. The number of nitrogens with zero attached hydrogens (tertiary/aromatic N) is 4. The third-order valence-corrected chi connectivity index (χ3v) is 5.05. The Kier molecular flexibility index (Phi) is 5.00. The molecule has 2 aliphatic rings. The Morgan fingerprint density at radius 3 is 2.42 bits per heavy atom. The van der Waals surface area contributed by atoms with Crippen LogP contribution in [-0.4, -0.2) is 61.0 Å². The quantitative estimate of drug-likeness (QED) is 0.848. The van der Waals surface area contributed by atoms with Gasteiger partial charge < -0.3 is 9.80 Å². The first-order valence-electron chi connectivity index (χ1n) is 8.57. The molecule has 2 fully saturated rings. The highest BCUT2D eigenvalue weighted by Gasteiger charge is 2.30. The first-order chi connectivity index (χ1) is 11.6. The Balaban J connectivity index is 1.59. The summed E-state index contributed by atoms with van der Waals surface area (Å²) in [6.07, 6.45) is 2.20. The number of carbonyl (C=O) groups is 1. The largest absolute Gasteiger partial charge is 0.367 e. The Labute approximate surface area is 142 Å². The number of piperazine rings is 1. The number of halogens is 1. The molecule has 1 aromatic carbocycles. The lowest BCUT2D eigenvalue weighted by Gasteiger charge is -2.39. The summed E-state index contributed by atoms with van der Waals surface area (Å²) in [7, 11) is 0. The van der Waals surface area contributed by atoms with E-state index in [9.17, 15) is 9.18 Å². The summed E-state index contributed by atoms with van der Waals surface area (Å²) in [5, 5.41) is 8.83. The summed E-state index contributed by atoms with van der Waals surface area (Å²) in [5.74, 6) is -0.144. The van der Waals surface area contributed by atoms with Gasteiger partial charge in [0.25, 0.3) is 0 Å². The van der Waals surface area contributed by atoms with Crippen LogP contribution in [0.4, 0.5) is 10.1 Å². The maximum Gasteiger partial charge on any atom is 0.239 e. The van der Waals surface area contributed by atoms with E-state index in [0.717, 1.165) is 39.0 Å². The smallest absolute Gasteiger partial charge is 0.239 e. The van der Waals surface area contributed by atoms with Gasteiger partial charge in [-0.25, -0.2) is 4.39 Å². The van der Waals surface area contributed by atoms with Gasteiger partial charge in [0, 0.05) is 39.3 Å². The molecule has 3 rings (SSSR count). The van der Waals surface area contributed by atoms with Crippen molar-refractivity contribution in [1.82, 2.24) is 9.80 Å². The highest BCUT2D eigenvalue weighted by atomic mass is 19.1. The van der Waals surface area contributed by atoms with Crippen LogP contribution in [0.1, 0.15) is 25.3 Å². The highest BCUT2D eigenvalue weighted by Crippen LogP contribution is 2.23. The van der Waals surface area contributed by atoms with Crippen molar-refractivity contribution in [3.8, 4) is 6.07 Å². The number of benzene rings is 1. The summed E-state index contributed by atoms with van der Waals surface area (Å²) >= 11 is 0.